The normalized spacial score (nSPS) is 14.1. The van der Waals surface area contributed by atoms with Gasteiger partial charge in [-0.25, -0.2) is 4.98 Å². The zero-order valence-corrected chi connectivity index (χ0v) is 10.3. The average Bonchev–Trinajstić information content (AvgIpc) is 2.91. The van der Waals surface area contributed by atoms with Gasteiger partial charge in [0.2, 0.25) is 5.16 Å². The number of ether oxygens (including phenoxy) is 1. The van der Waals surface area contributed by atoms with Gasteiger partial charge < -0.3 is 9.84 Å². The quantitative estimate of drug-likeness (QED) is 0.788. The van der Waals surface area contributed by atoms with E-state index in [-0.39, 0.29) is 17.5 Å². The summed E-state index contributed by atoms with van der Waals surface area (Å²) in [4.78, 5) is 3.77. The number of nitrogens with zero attached hydrogens (tertiary/aromatic N) is 2. The van der Waals surface area contributed by atoms with Gasteiger partial charge in [0.25, 0.3) is 0 Å². The van der Waals surface area contributed by atoms with E-state index in [1.54, 1.807) is 12.1 Å². The number of aliphatic hydroxyl groups excluding tert-OH is 1. The maximum absolute atomic E-state index is 11.7. The molecule has 0 radical (unpaired) electrons. The predicted octanol–water partition coefficient (Wildman–Crippen LogP) is 0.352. The summed E-state index contributed by atoms with van der Waals surface area (Å²) in [5, 5.41) is 16.1. The van der Waals surface area contributed by atoms with Gasteiger partial charge in [-0.1, -0.05) is 18.2 Å². The number of para-hydroxylation sites is 1. The van der Waals surface area contributed by atoms with Crippen LogP contribution in [0.2, 0.25) is 0 Å². The zero-order chi connectivity index (χ0) is 12.8. The average molecular weight is 267 g/mol. The minimum absolute atomic E-state index is 0.0576. The Morgan fingerprint density at radius 3 is 2.83 bits per heavy atom. The van der Waals surface area contributed by atoms with Crippen LogP contribution < -0.4 is 4.74 Å². The zero-order valence-electron chi connectivity index (χ0n) is 9.52. The van der Waals surface area contributed by atoms with Gasteiger partial charge in [0, 0.05) is 0 Å². The van der Waals surface area contributed by atoms with E-state index in [9.17, 15) is 9.32 Å². The molecule has 0 saturated heterocycles. The molecule has 0 fully saturated rings. The lowest BCUT2D eigenvalue weighted by molar-refractivity contribution is 0.125. The molecule has 0 bridgehead atoms. The maximum Gasteiger partial charge on any atom is 0.214 e. The van der Waals surface area contributed by atoms with E-state index in [1.165, 1.54) is 6.33 Å². The van der Waals surface area contributed by atoms with Gasteiger partial charge in [0.1, 0.15) is 18.7 Å². The summed E-state index contributed by atoms with van der Waals surface area (Å²) < 4.78 is 17.0. The van der Waals surface area contributed by atoms with Crippen molar-refractivity contribution in [2.45, 2.75) is 11.3 Å². The van der Waals surface area contributed by atoms with Crippen molar-refractivity contribution in [2.24, 2.45) is 0 Å². The molecule has 2 atom stereocenters. The van der Waals surface area contributed by atoms with Crippen molar-refractivity contribution in [1.29, 1.82) is 0 Å². The number of hydrogen-bond donors (Lipinski definition) is 2. The summed E-state index contributed by atoms with van der Waals surface area (Å²) in [6.45, 7) is 0.0872. The van der Waals surface area contributed by atoms with Crippen LogP contribution in [0.25, 0.3) is 0 Å². The fourth-order valence-electron chi connectivity index (χ4n) is 1.31. The van der Waals surface area contributed by atoms with Crippen molar-refractivity contribution < 1.29 is 14.1 Å². The van der Waals surface area contributed by atoms with Gasteiger partial charge in [-0.3, -0.25) is 9.31 Å². The second kappa shape index (κ2) is 6.27. The van der Waals surface area contributed by atoms with Crippen LogP contribution in [0, 0.1) is 0 Å². The smallest absolute Gasteiger partial charge is 0.214 e. The molecule has 0 aliphatic rings. The van der Waals surface area contributed by atoms with E-state index in [2.05, 4.69) is 15.2 Å². The molecule has 1 heterocycles. The molecule has 1 aromatic heterocycles. The van der Waals surface area contributed by atoms with Crippen LogP contribution in [0.5, 0.6) is 5.75 Å². The highest BCUT2D eigenvalue weighted by molar-refractivity contribution is 7.84. The van der Waals surface area contributed by atoms with Gasteiger partial charge in [0.05, 0.1) is 22.7 Å². The summed E-state index contributed by atoms with van der Waals surface area (Å²) in [5.74, 6) is 0.726. The first-order chi connectivity index (χ1) is 8.75. The minimum atomic E-state index is -1.40. The lowest BCUT2D eigenvalue weighted by Crippen LogP contribution is -2.24. The van der Waals surface area contributed by atoms with E-state index >= 15 is 0 Å². The van der Waals surface area contributed by atoms with Crippen molar-refractivity contribution in [3.8, 4) is 5.75 Å². The van der Waals surface area contributed by atoms with Crippen molar-refractivity contribution in [3.05, 3.63) is 36.7 Å². The Morgan fingerprint density at radius 1 is 1.39 bits per heavy atom. The summed E-state index contributed by atoms with van der Waals surface area (Å²) in [6, 6.07) is 9.14. The first-order valence-corrected chi connectivity index (χ1v) is 6.67. The summed E-state index contributed by atoms with van der Waals surface area (Å²) >= 11 is 0. The SMILES string of the molecule is O=[S@](C[C@@H](O)COc1ccccc1)c1ncn[nH]1. The maximum atomic E-state index is 11.7. The highest BCUT2D eigenvalue weighted by atomic mass is 32.2. The van der Waals surface area contributed by atoms with Crippen molar-refractivity contribution >= 4 is 10.8 Å². The van der Waals surface area contributed by atoms with Crippen LogP contribution in [-0.4, -0.2) is 43.0 Å². The van der Waals surface area contributed by atoms with Gasteiger partial charge in [-0.2, -0.15) is 5.10 Å². The third kappa shape index (κ3) is 3.64. The number of hydrogen-bond acceptors (Lipinski definition) is 5. The Balaban J connectivity index is 1.79. The molecule has 0 unspecified atom stereocenters. The molecule has 2 rings (SSSR count). The lowest BCUT2D eigenvalue weighted by Gasteiger charge is -2.11. The van der Waals surface area contributed by atoms with Gasteiger partial charge in [-0.05, 0) is 12.1 Å². The second-order valence-corrected chi connectivity index (χ2v) is 4.99. The van der Waals surface area contributed by atoms with Crippen molar-refractivity contribution in [3.63, 3.8) is 0 Å². The Bertz CT molecular complexity index is 489. The van der Waals surface area contributed by atoms with Crippen LogP contribution in [-0.2, 0) is 10.8 Å². The molecule has 7 heteroatoms. The molecule has 0 aliphatic carbocycles. The van der Waals surface area contributed by atoms with Crippen molar-refractivity contribution in [1.82, 2.24) is 15.2 Å². The van der Waals surface area contributed by atoms with Crippen LogP contribution >= 0.6 is 0 Å². The summed E-state index contributed by atoms with van der Waals surface area (Å²) in [7, 11) is -1.40. The highest BCUT2D eigenvalue weighted by Gasteiger charge is 2.14. The number of aromatic amines is 1. The summed E-state index contributed by atoms with van der Waals surface area (Å²) in [5.41, 5.74) is 0. The van der Waals surface area contributed by atoms with E-state index in [4.69, 9.17) is 4.74 Å². The first kappa shape index (κ1) is 12.7. The topological polar surface area (TPSA) is 88.1 Å². The Kier molecular flexibility index (Phi) is 4.43. The molecule has 2 N–H and O–H groups in total. The molecule has 0 amide bonds. The van der Waals surface area contributed by atoms with Gasteiger partial charge >= 0.3 is 0 Å². The highest BCUT2D eigenvalue weighted by Crippen LogP contribution is 2.09. The minimum Gasteiger partial charge on any atom is -0.491 e. The second-order valence-electron chi connectivity index (χ2n) is 3.58. The van der Waals surface area contributed by atoms with E-state index in [0.29, 0.717) is 5.75 Å². The third-order valence-electron chi connectivity index (χ3n) is 2.14. The Morgan fingerprint density at radius 2 is 2.17 bits per heavy atom. The number of benzene rings is 1. The monoisotopic (exact) mass is 267 g/mol. The molecule has 18 heavy (non-hydrogen) atoms. The van der Waals surface area contributed by atoms with Gasteiger partial charge in [-0.15, -0.1) is 0 Å². The number of H-pyrrole nitrogens is 1. The van der Waals surface area contributed by atoms with Gasteiger partial charge in [0.15, 0.2) is 0 Å². The third-order valence-corrected chi connectivity index (χ3v) is 3.45. The number of nitrogens with one attached hydrogen (secondary N) is 1. The Hall–Kier alpha value is -1.73. The van der Waals surface area contributed by atoms with Crippen LogP contribution in [0.3, 0.4) is 0 Å². The van der Waals surface area contributed by atoms with Crippen LogP contribution in [0.4, 0.5) is 0 Å². The summed E-state index contributed by atoms with van der Waals surface area (Å²) in [6.07, 6.45) is 0.455. The van der Waals surface area contributed by atoms with Crippen LogP contribution in [0.15, 0.2) is 41.8 Å². The first-order valence-electron chi connectivity index (χ1n) is 5.35. The number of aromatic nitrogens is 3. The molecule has 6 nitrogen and oxygen atoms in total. The molecule has 96 valence electrons. The fraction of sp³-hybridized carbons (Fsp3) is 0.273. The van der Waals surface area contributed by atoms with Crippen molar-refractivity contribution in [2.75, 3.05) is 12.4 Å². The molecular formula is C11H13N3O3S. The largest absolute Gasteiger partial charge is 0.491 e. The Labute approximate surface area is 106 Å². The molecule has 0 spiro atoms. The lowest BCUT2D eigenvalue weighted by atomic mass is 10.3. The molecule has 0 saturated carbocycles. The predicted molar refractivity (Wildman–Crippen MR) is 65.6 cm³/mol. The molecule has 0 aliphatic heterocycles. The number of aliphatic hydroxyl groups is 1. The standard InChI is InChI=1S/C11H13N3O3S/c15-9(6-17-10-4-2-1-3-5-10)7-18(16)11-12-8-13-14-11/h1-5,8-9,15H,6-7H2,(H,12,13,14)/t9-,18+/m0/s1. The van der Waals surface area contributed by atoms with E-state index in [0.717, 1.165) is 0 Å². The van der Waals surface area contributed by atoms with E-state index in [1.807, 2.05) is 18.2 Å². The van der Waals surface area contributed by atoms with E-state index < -0.39 is 16.9 Å². The fourth-order valence-corrected chi connectivity index (χ4v) is 2.24. The van der Waals surface area contributed by atoms with Crippen LogP contribution in [0.1, 0.15) is 0 Å². The molecule has 2 aromatic rings. The molecular weight excluding hydrogens is 254 g/mol. The number of rotatable bonds is 6. The molecule has 1 aromatic carbocycles.